The largest absolute Gasteiger partial charge is 0.276 e. The number of rotatable bonds is 5. The van der Waals surface area contributed by atoms with Gasteiger partial charge in [0.15, 0.2) is 0 Å². The van der Waals surface area contributed by atoms with Crippen LogP contribution in [-0.4, -0.2) is 25.1 Å². The van der Waals surface area contributed by atoms with Gasteiger partial charge >= 0.3 is 0 Å². The van der Waals surface area contributed by atoms with Crippen molar-refractivity contribution in [2.24, 2.45) is 5.41 Å². The van der Waals surface area contributed by atoms with E-state index in [9.17, 15) is 17.6 Å². The predicted molar refractivity (Wildman–Crippen MR) is 97.6 cm³/mol. The van der Waals surface area contributed by atoms with Crippen LogP contribution in [0.4, 0.5) is 4.39 Å². The minimum atomic E-state index is -3.71. The molecule has 136 valence electrons. The van der Waals surface area contributed by atoms with E-state index in [-0.39, 0.29) is 21.9 Å². The minimum Gasteiger partial charge on any atom is -0.267 e. The Morgan fingerprint density at radius 1 is 1.24 bits per heavy atom. The summed E-state index contributed by atoms with van der Waals surface area (Å²) in [5.74, 6) is -1.16. The van der Waals surface area contributed by atoms with Crippen molar-refractivity contribution in [1.29, 1.82) is 0 Å². The van der Waals surface area contributed by atoms with E-state index in [0.717, 1.165) is 11.3 Å². The Morgan fingerprint density at radius 2 is 1.84 bits per heavy atom. The van der Waals surface area contributed by atoms with Gasteiger partial charge in [0.1, 0.15) is 15.7 Å². The van der Waals surface area contributed by atoms with Gasteiger partial charge in [0, 0.05) is 5.56 Å². The van der Waals surface area contributed by atoms with E-state index in [1.54, 1.807) is 19.1 Å². The normalized spacial score (nSPS) is 12.2. The number of carbonyl (C=O) groups excluding carboxylic acids is 1. The first-order valence-electron chi connectivity index (χ1n) is 7.75. The molecule has 25 heavy (non-hydrogen) atoms. The van der Waals surface area contributed by atoms with Crippen molar-refractivity contribution in [2.45, 2.75) is 34.1 Å². The maximum Gasteiger partial charge on any atom is 0.276 e. The molecule has 2 rings (SSSR count). The monoisotopic (exact) mass is 384 g/mol. The molecule has 0 aliphatic heterocycles. The number of halogens is 1. The van der Waals surface area contributed by atoms with E-state index in [1.807, 2.05) is 20.8 Å². The van der Waals surface area contributed by atoms with Crippen LogP contribution < -0.4 is 4.72 Å². The van der Waals surface area contributed by atoms with E-state index in [1.165, 1.54) is 12.1 Å². The van der Waals surface area contributed by atoms with Crippen molar-refractivity contribution >= 4 is 27.3 Å². The molecule has 2 aromatic rings. The van der Waals surface area contributed by atoms with Gasteiger partial charge in [0.05, 0.1) is 11.4 Å². The van der Waals surface area contributed by atoms with E-state index in [4.69, 9.17) is 0 Å². The Labute approximate surface area is 151 Å². The maximum atomic E-state index is 13.0. The highest BCUT2D eigenvalue weighted by molar-refractivity contribution is 7.90. The highest BCUT2D eigenvalue weighted by atomic mass is 32.2. The zero-order valence-corrected chi connectivity index (χ0v) is 16.2. The Bertz CT molecular complexity index is 866. The van der Waals surface area contributed by atoms with Gasteiger partial charge in [0.2, 0.25) is 10.0 Å². The summed E-state index contributed by atoms with van der Waals surface area (Å²) in [5, 5.41) is 0.537. The third-order valence-electron chi connectivity index (χ3n) is 3.46. The standard InChI is InChI=1S/C17H21FN2O3S2/c1-11-14(15(21)20-25(22,23)10-9-17(2,3)4)24-16(19-11)12-5-7-13(18)8-6-12/h5-8H,9-10H2,1-4H3,(H,20,21). The second kappa shape index (κ2) is 7.21. The summed E-state index contributed by atoms with van der Waals surface area (Å²) in [4.78, 5) is 16.8. The molecule has 1 aromatic heterocycles. The number of benzene rings is 1. The van der Waals surface area contributed by atoms with Gasteiger partial charge in [-0.25, -0.2) is 22.5 Å². The lowest BCUT2D eigenvalue weighted by atomic mass is 9.94. The number of nitrogens with one attached hydrogen (secondary N) is 1. The van der Waals surface area contributed by atoms with Crippen LogP contribution in [0.5, 0.6) is 0 Å². The van der Waals surface area contributed by atoms with Crippen LogP contribution in [0.15, 0.2) is 24.3 Å². The van der Waals surface area contributed by atoms with E-state index in [0.29, 0.717) is 22.7 Å². The lowest BCUT2D eigenvalue weighted by molar-refractivity contribution is 0.0984. The fraction of sp³-hybridized carbons (Fsp3) is 0.412. The third-order valence-corrected chi connectivity index (χ3v) is 5.91. The Kier molecular flexibility index (Phi) is 5.63. The summed E-state index contributed by atoms with van der Waals surface area (Å²) < 4.78 is 39.3. The number of aromatic nitrogens is 1. The number of amides is 1. The van der Waals surface area contributed by atoms with Gasteiger partial charge in [-0.2, -0.15) is 0 Å². The Hall–Kier alpha value is -1.80. The average Bonchev–Trinajstić information content (AvgIpc) is 2.87. The van der Waals surface area contributed by atoms with Crippen molar-refractivity contribution < 1.29 is 17.6 Å². The summed E-state index contributed by atoms with van der Waals surface area (Å²) in [6.45, 7) is 7.45. The number of carbonyl (C=O) groups is 1. The van der Waals surface area contributed by atoms with Crippen LogP contribution in [-0.2, 0) is 10.0 Å². The van der Waals surface area contributed by atoms with Gasteiger partial charge in [0.25, 0.3) is 5.91 Å². The van der Waals surface area contributed by atoms with Gasteiger partial charge in [-0.05, 0) is 43.0 Å². The summed E-state index contributed by atoms with van der Waals surface area (Å²) in [6.07, 6.45) is 0.443. The smallest absolute Gasteiger partial charge is 0.267 e. The van der Waals surface area contributed by atoms with E-state index in [2.05, 4.69) is 9.71 Å². The first-order chi connectivity index (χ1) is 11.5. The highest BCUT2D eigenvalue weighted by Crippen LogP contribution is 2.28. The lowest BCUT2D eigenvalue weighted by Crippen LogP contribution is -2.33. The molecule has 5 nitrogen and oxygen atoms in total. The SMILES string of the molecule is Cc1nc(-c2ccc(F)cc2)sc1C(=O)NS(=O)(=O)CCC(C)(C)C. The third kappa shape index (κ3) is 5.61. The number of thiazole rings is 1. The number of sulfonamides is 1. The topological polar surface area (TPSA) is 76.1 Å². The molecule has 1 amide bonds. The van der Waals surface area contributed by atoms with Gasteiger partial charge in [-0.3, -0.25) is 4.79 Å². The predicted octanol–water partition coefficient (Wildman–Crippen LogP) is 3.75. The van der Waals surface area contributed by atoms with Crippen molar-refractivity contribution in [1.82, 2.24) is 9.71 Å². The molecule has 0 aliphatic rings. The first kappa shape index (κ1) is 19.5. The molecule has 1 N–H and O–H groups in total. The van der Waals surface area contributed by atoms with Gasteiger partial charge in [-0.1, -0.05) is 20.8 Å². The molecule has 0 aliphatic carbocycles. The number of nitrogens with zero attached hydrogens (tertiary/aromatic N) is 1. The van der Waals surface area contributed by atoms with Crippen LogP contribution in [0.2, 0.25) is 0 Å². The quantitative estimate of drug-likeness (QED) is 0.852. The molecular weight excluding hydrogens is 363 g/mol. The summed E-state index contributed by atoms with van der Waals surface area (Å²) in [5.41, 5.74) is 0.963. The van der Waals surface area contributed by atoms with Crippen LogP contribution in [0.3, 0.4) is 0 Å². The summed E-state index contributed by atoms with van der Waals surface area (Å²) in [6, 6.07) is 5.75. The van der Waals surface area contributed by atoms with Crippen molar-refractivity contribution in [3.8, 4) is 10.6 Å². The average molecular weight is 384 g/mol. The minimum absolute atomic E-state index is 0.120. The van der Waals surface area contributed by atoms with Crippen LogP contribution in [0.1, 0.15) is 42.6 Å². The van der Waals surface area contributed by atoms with Crippen LogP contribution in [0.25, 0.3) is 10.6 Å². The Morgan fingerprint density at radius 3 is 2.40 bits per heavy atom. The number of aryl methyl sites for hydroxylation is 1. The number of hydrogen-bond donors (Lipinski definition) is 1. The van der Waals surface area contributed by atoms with Gasteiger partial charge < -0.3 is 0 Å². The number of hydrogen-bond acceptors (Lipinski definition) is 5. The summed E-state index contributed by atoms with van der Waals surface area (Å²) >= 11 is 1.08. The molecule has 0 unspecified atom stereocenters. The zero-order chi connectivity index (χ0) is 18.8. The van der Waals surface area contributed by atoms with Crippen LogP contribution in [0, 0.1) is 18.2 Å². The summed E-state index contributed by atoms with van der Waals surface area (Å²) in [7, 11) is -3.71. The van der Waals surface area contributed by atoms with E-state index >= 15 is 0 Å². The first-order valence-corrected chi connectivity index (χ1v) is 10.2. The van der Waals surface area contributed by atoms with Crippen molar-refractivity contribution in [2.75, 3.05) is 5.75 Å². The zero-order valence-electron chi connectivity index (χ0n) is 14.6. The van der Waals surface area contributed by atoms with Gasteiger partial charge in [-0.15, -0.1) is 11.3 Å². The Balaban J connectivity index is 2.16. The fourth-order valence-corrected chi connectivity index (χ4v) is 4.40. The molecule has 0 fully saturated rings. The molecule has 0 radical (unpaired) electrons. The second-order valence-corrected chi connectivity index (χ2v) is 9.84. The molecular formula is C17H21FN2O3S2. The molecule has 0 atom stereocenters. The van der Waals surface area contributed by atoms with Crippen molar-refractivity contribution in [3.63, 3.8) is 0 Å². The molecule has 1 heterocycles. The molecule has 0 saturated carbocycles. The lowest BCUT2D eigenvalue weighted by Gasteiger charge is -2.17. The molecule has 0 spiro atoms. The molecule has 0 saturated heterocycles. The fourth-order valence-electron chi connectivity index (χ4n) is 2.00. The van der Waals surface area contributed by atoms with Crippen molar-refractivity contribution in [3.05, 3.63) is 40.7 Å². The molecule has 8 heteroatoms. The second-order valence-electron chi connectivity index (χ2n) is 7.00. The van der Waals surface area contributed by atoms with Crippen LogP contribution >= 0.6 is 11.3 Å². The molecule has 1 aromatic carbocycles. The molecule has 0 bridgehead atoms. The maximum absolute atomic E-state index is 13.0. The van der Waals surface area contributed by atoms with E-state index < -0.39 is 15.9 Å². The highest BCUT2D eigenvalue weighted by Gasteiger charge is 2.23.